The first-order valence-electron chi connectivity index (χ1n) is 5.87. The molecule has 6 N–H and O–H groups in total. The maximum atomic E-state index is 12.0. The van der Waals surface area contributed by atoms with E-state index in [1.807, 2.05) is 19.1 Å². The zero-order valence-electron chi connectivity index (χ0n) is 10.8. The minimum atomic E-state index is -0.234. The van der Waals surface area contributed by atoms with Crippen LogP contribution >= 0.6 is 11.3 Å². The van der Waals surface area contributed by atoms with Crippen LogP contribution in [0.15, 0.2) is 24.3 Å². The summed E-state index contributed by atoms with van der Waals surface area (Å²) in [6.45, 7) is 1.92. The van der Waals surface area contributed by atoms with Crippen LogP contribution in [-0.2, 0) is 6.42 Å². The molecule has 8 heteroatoms. The fourth-order valence-corrected chi connectivity index (χ4v) is 2.32. The lowest BCUT2D eigenvalue weighted by Crippen LogP contribution is -2.85. The van der Waals surface area contributed by atoms with Crippen LogP contribution in [0.25, 0.3) is 0 Å². The van der Waals surface area contributed by atoms with E-state index in [9.17, 15) is 4.79 Å². The zero-order valence-corrected chi connectivity index (χ0v) is 11.6. The number of hydroxylamine groups is 1. The molecule has 0 radical (unpaired) electrons. The predicted octanol–water partition coefficient (Wildman–Crippen LogP) is 0.0421. The van der Waals surface area contributed by atoms with Crippen molar-refractivity contribution in [2.45, 2.75) is 13.3 Å². The Morgan fingerprint density at radius 1 is 1.55 bits per heavy atom. The van der Waals surface area contributed by atoms with Gasteiger partial charge in [-0.1, -0.05) is 35.5 Å². The number of benzene rings is 1. The van der Waals surface area contributed by atoms with Gasteiger partial charge in [-0.05, 0) is 25.2 Å². The summed E-state index contributed by atoms with van der Waals surface area (Å²) in [6.07, 6.45) is 0.590. The lowest BCUT2D eigenvalue weighted by atomic mass is 10.1. The molecule has 0 saturated carbocycles. The molecule has 2 aromatic rings. The normalized spacial score (nSPS) is 10.8. The second kappa shape index (κ2) is 6.53. The number of amides is 1. The lowest BCUT2D eigenvalue weighted by Gasteiger charge is -2.12. The van der Waals surface area contributed by atoms with Crippen molar-refractivity contribution in [3.63, 3.8) is 0 Å². The number of nitrogens with one attached hydrogen (secondary N) is 1. The van der Waals surface area contributed by atoms with Crippen molar-refractivity contribution in [2.75, 3.05) is 5.32 Å². The van der Waals surface area contributed by atoms with Crippen LogP contribution in [0.4, 0.5) is 5.13 Å². The molecule has 0 unspecified atom stereocenters. The van der Waals surface area contributed by atoms with Crippen molar-refractivity contribution in [1.82, 2.24) is 10.2 Å². The first-order chi connectivity index (χ1) is 9.58. The van der Waals surface area contributed by atoms with Gasteiger partial charge in [-0.3, -0.25) is 10.1 Å². The van der Waals surface area contributed by atoms with Gasteiger partial charge < -0.3 is 11.2 Å². The molecule has 1 aromatic heterocycles. The molecule has 20 heavy (non-hydrogen) atoms. The first kappa shape index (κ1) is 14.5. The maximum Gasteiger partial charge on any atom is 0.257 e. The number of nitrogens with two attached hydrogens (primary N) is 2. The van der Waals surface area contributed by atoms with Crippen LogP contribution in [0.3, 0.4) is 0 Å². The molecule has 0 fully saturated rings. The SMILES string of the molecule is Cc1cccc(C(=O)Nc2nnc(C[C-](N)[NH2+]O)s2)c1. The molecule has 1 aromatic carbocycles. The van der Waals surface area contributed by atoms with E-state index in [1.165, 1.54) is 11.3 Å². The summed E-state index contributed by atoms with van der Waals surface area (Å²) in [6, 6.07) is 7.27. The number of carbonyl (C=O) groups is 1. The first-order valence-corrected chi connectivity index (χ1v) is 6.69. The number of hydrogen-bond acceptors (Lipinski definition) is 6. The molecule has 106 valence electrons. The Morgan fingerprint density at radius 2 is 2.35 bits per heavy atom. The third-order valence-corrected chi connectivity index (χ3v) is 3.33. The Balaban J connectivity index is 2.01. The van der Waals surface area contributed by atoms with E-state index < -0.39 is 0 Å². The minimum absolute atomic E-state index is 0.234. The highest BCUT2D eigenvalue weighted by atomic mass is 32.1. The van der Waals surface area contributed by atoms with E-state index in [2.05, 4.69) is 15.5 Å². The quantitative estimate of drug-likeness (QED) is 0.458. The number of rotatable bonds is 5. The van der Waals surface area contributed by atoms with Crippen LogP contribution in [0.5, 0.6) is 0 Å². The van der Waals surface area contributed by atoms with Gasteiger partial charge in [-0.2, -0.15) is 0 Å². The number of nitrogens with zero attached hydrogens (tertiary/aromatic N) is 2. The molecule has 0 aliphatic carbocycles. The van der Waals surface area contributed by atoms with Crippen LogP contribution in [0.2, 0.25) is 0 Å². The molecule has 2 rings (SSSR count). The van der Waals surface area contributed by atoms with Crippen molar-refractivity contribution in [3.8, 4) is 0 Å². The smallest absolute Gasteiger partial charge is 0.257 e. The summed E-state index contributed by atoms with van der Waals surface area (Å²) in [5.41, 5.74) is 7.89. The van der Waals surface area contributed by atoms with Crippen LogP contribution in [-0.4, -0.2) is 21.3 Å². The van der Waals surface area contributed by atoms with Crippen molar-refractivity contribution in [2.24, 2.45) is 5.73 Å². The van der Waals surface area contributed by atoms with Gasteiger partial charge in [0.15, 0.2) is 0 Å². The van der Waals surface area contributed by atoms with Crippen molar-refractivity contribution >= 4 is 22.4 Å². The molecule has 0 spiro atoms. The molecule has 1 heterocycles. The molecule has 1 amide bonds. The van der Waals surface area contributed by atoms with Gasteiger partial charge in [-0.25, -0.2) is 5.21 Å². The summed E-state index contributed by atoms with van der Waals surface area (Å²) in [5.74, 6) is -0.234. The summed E-state index contributed by atoms with van der Waals surface area (Å²) < 4.78 is 0. The van der Waals surface area contributed by atoms with E-state index >= 15 is 0 Å². The average molecular weight is 293 g/mol. The largest absolute Gasteiger partial charge is 0.426 e. The van der Waals surface area contributed by atoms with Gasteiger partial charge >= 0.3 is 0 Å². The molecular formula is C12H15N5O2S. The predicted molar refractivity (Wildman–Crippen MR) is 73.9 cm³/mol. The Morgan fingerprint density at radius 3 is 3.05 bits per heavy atom. The van der Waals surface area contributed by atoms with Gasteiger partial charge in [0.05, 0.1) is 5.01 Å². The number of aromatic nitrogens is 2. The molecule has 0 bridgehead atoms. The van der Waals surface area contributed by atoms with Crippen molar-refractivity contribution in [3.05, 3.63) is 46.6 Å². The fraction of sp³-hybridized carbons (Fsp3) is 0.167. The third-order valence-electron chi connectivity index (χ3n) is 2.49. The second-order valence-corrected chi connectivity index (χ2v) is 5.27. The van der Waals surface area contributed by atoms with E-state index in [1.54, 1.807) is 12.1 Å². The molecule has 0 aliphatic heterocycles. The topological polar surface area (TPSA) is 118 Å². The Labute approximate surface area is 119 Å². The standard InChI is InChI=1S/C12H15N5O2S/c1-7-3-2-4-8(5-7)11(18)14-12-16-15-10(20-12)6-9(13)17-19/h2-5,19H,6,13,17H2,1H3,(H,14,16,18). The summed E-state index contributed by atoms with van der Waals surface area (Å²) in [5, 5.41) is 20.2. The molecule has 0 atom stereocenters. The second-order valence-electron chi connectivity index (χ2n) is 4.21. The lowest BCUT2D eigenvalue weighted by molar-refractivity contribution is -0.875. The van der Waals surface area contributed by atoms with Gasteiger partial charge in [-0.15, -0.1) is 10.2 Å². The third kappa shape index (κ3) is 3.81. The molecular weight excluding hydrogens is 278 g/mol. The Kier molecular flexibility index (Phi) is 4.74. The maximum absolute atomic E-state index is 12.0. The highest BCUT2D eigenvalue weighted by molar-refractivity contribution is 7.15. The van der Waals surface area contributed by atoms with Gasteiger partial charge in [0, 0.05) is 5.56 Å². The van der Waals surface area contributed by atoms with E-state index in [-0.39, 0.29) is 12.1 Å². The number of aryl methyl sites for hydroxylation is 1. The van der Waals surface area contributed by atoms with E-state index in [0.29, 0.717) is 22.1 Å². The van der Waals surface area contributed by atoms with Crippen LogP contribution < -0.4 is 16.5 Å². The molecule has 0 saturated heterocycles. The number of quaternary nitrogens is 1. The molecule has 7 nitrogen and oxygen atoms in total. The summed E-state index contributed by atoms with van der Waals surface area (Å²) in [4.78, 5) is 12.0. The average Bonchev–Trinajstić information content (AvgIpc) is 2.85. The van der Waals surface area contributed by atoms with E-state index in [0.717, 1.165) is 11.0 Å². The van der Waals surface area contributed by atoms with Gasteiger partial charge in [0.25, 0.3) is 5.91 Å². The van der Waals surface area contributed by atoms with Crippen molar-refractivity contribution < 1.29 is 15.5 Å². The number of anilines is 1. The number of hydrogen-bond donors (Lipinski definition) is 4. The monoisotopic (exact) mass is 293 g/mol. The highest BCUT2D eigenvalue weighted by Crippen LogP contribution is 2.17. The van der Waals surface area contributed by atoms with E-state index in [4.69, 9.17) is 10.9 Å². The summed E-state index contributed by atoms with van der Waals surface area (Å²) >= 11 is 1.22. The van der Waals surface area contributed by atoms with Crippen molar-refractivity contribution in [1.29, 1.82) is 0 Å². The highest BCUT2D eigenvalue weighted by Gasteiger charge is 2.10. The summed E-state index contributed by atoms with van der Waals surface area (Å²) in [7, 11) is 0. The van der Waals surface area contributed by atoms with Crippen LogP contribution in [0.1, 0.15) is 20.9 Å². The van der Waals surface area contributed by atoms with Gasteiger partial charge in [0.2, 0.25) is 5.13 Å². The zero-order chi connectivity index (χ0) is 14.5. The molecule has 0 aliphatic rings. The van der Waals surface area contributed by atoms with Crippen LogP contribution in [0, 0.1) is 13.1 Å². The minimum Gasteiger partial charge on any atom is -0.426 e. The Hall–Kier alpha value is -1.87. The fourth-order valence-electron chi connectivity index (χ4n) is 1.55. The van der Waals surface area contributed by atoms with Gasteiger partial charge in [0.1, 0.15) is 0 Å². The Bertz CT molecular complexity index is 601. The number of carbonyl (C=O) groups excluding carboxylic acids is 1.